The zero-order chi connectivity index (χ0) is 15.1. The molecule has 0 amide bonds. The van der Waals surface area contributed by atoms with Crippen molar-refractivity contribution in [2.75, 3.05) is 13.2 Å². The zero-order valence-corrected chi connectivity index (χ0v) is 14.6. The summed E-state index contributed by atoms with van der Waals surface area (Å²) >= 11 is 0. The third-order valence-electron chi connectivity index (χ3n) is 6.38. The maximum absolute atomic E-state index is 6.06. The fraction of sp³-hybridized carbons (Fsp3) is 1.00. The van der Waals surface area contributed by atoms with Crippen LogP contribution in [-0.2, 0) is 4.74 Å². The third-order valence-corrected chi connectivity index (χ3v) is 6.38. The highest BCUT2D eigenvalue weighted by Gasteiger charge is 2.58. The van der Waals surface area contributed by atoms with Gasteiger partial charge in [-0.25, -0.2) is 0 Å². The number of rotatable bonds is 7. The first-order valence-corrected chi connectivity index (χ1v) is 9.30. The van der Waals surface area contributed by atoms with Crippen LogP contribution in [0.1, 0.15) is 72.6 Å². The summed E-state index contributed by atoms with van der Waals surface area (Å²) in [5.41, 5.74) is 1.16. The third kappa shape index (κ3) is 3.17. The first kappa shape index (κ1) is 15.8. The van der Waals surface area contributed by atoms with Gasteiger partial charge in [0.1, 0.15) is 0 Å². The van der Waals surface area contributed by atoms with Crippen molar-refractivity contribution >= 4 is 0 Å². The van der Waals surface area contributed by atoms with Crippen molar-refractivity contribution in [3.05, 3.63) is 0 Å². The highest BCUT2D eigenvalue weighted by atomic mass is 16.5. The van der Waals surface area contributed by atoms with Crippen LogP contribution in [0.4, 0.5) is 0 Å². The second-order valence-corrected chi connectivity index (χ2v) is 9.02. The topological polar surface area (TPSA) is 21.3 Å². The summed E-state index contributed by atoms with van der Waals surface area (Å²) in [4.78, 5) is 0. The van der Waals surface area contributed by atoms with Gasteiger partial charge in [-0.2, -0.15) is 0 Å². The average molecular weight is 293 g/mol. The molecule has 4 aliphatic rings. The number of ether oxygens (including phenoxy) is 1. The van der Waals surface area contributed by atoms with Crippen molar-refractivity contribution in [1.82, 2.24) is 5.32 Å². The molecule has 0 spiro atoms. The van der Waals surface area contributed by atoms with Crippen molar-refractivity contribution in [1.29, 1.82) is 0 Å². The largest absolute Gasteiger partial charge is 0.377 e. The predicted molar refractivity (Wildman–Crippen MR) is 88.4 cm³/mol. The Morgan fingerprint density at radius 2 is 1.81 bits per heavy atom. The highest BCUT2D eigenvalue weighted by molar-refractivity contribution is 5.10. The van der Waals surface area contributed by atoms with Crippen molar-refractivity contribution in [2.24, 2.45) is 22.7 Å². The van der Waals surface area contributed by atoms with Crippen molar-refractivity contribution in [3.63, 3.8) is 0 Å². The van der Waals surface area contributed by atoms with E-state index in [2.05, 4.69) is 33.0 Å². The Morgan fingerprint density at radius 1 is 1.14 bits per heavy atom. The van der Waals surface area contributed by atoms with Crippen molar-refractivity contribution < 1.29 is 4.74 Å². The normalized spacial score (nSPS) is 42.7. The molecule has 3 unspecified atom stereocenters. The molecule has 4 bridgehead atoms. The molecule has 122 valence electrons. The summed E-state index contributed by atoms with van der Waals surface area (Å²) in [5.74, 6) is 2.00. The molecular weight excluding hydrogens is 258 g/mol. The first-order valence-electron chi connectivity index (χ1n) is 9.30. The van der Waals surface area contributed by atoms with Gasteiger partial charge < -0.3 is 10.1 Å². The summed E-state index contributed by atoms with van der Waals surface area (Å²) in [6.07, 6.45) is 10.4. The van der Waals surface area contributed by atoms with Gasteiger partial charge in [0.2, 0.25) is 0 Å². The van der Waals surface area contributed by atoms with Crippen LogP contribution >= 0.6 is 0 Å². The Labute approximate surface area is 131 Å². The SMILES string of the molecule is CCCNC(COC(C)C)C12CC3CC(CC(C)(C3)C1)C2. The molecule has 0 aromatic heterocycles. The van der Waals surface area contributed by atoms with E-state index in [9.17, 15) is 0 Å². The van der Waals surface area contributed by atoms with E-state index in [1.165, 1.54) is 44.9 Å². The minimum Gasteiger partial charge on any atom is -0.377 e. The molecule has 0 aromatic carbocycles. The standard InChI is InChI=1S/C19H35NO/c1-5-6-20-17(12-21-14(2)3)19-10-15-7-16(11-19)9-18(4,8-15)13-19/h14-17,20H,5-13H2,1-4H3. The summed E-state index contributed by atoms with van der Waals surface area (Å²) in [5, 5.41) is 3.87. The summed E-state index contributed by atoms with van der Waals surface area (Å²) in [7, 11) is 0. The van der Waals surface area contributed by atoms with Gasteiger partial charge in [-0.1, -0.05) is 13.8 Å². The van der Waals surface area contributed by atoms with Crippen LogP contribution in [0.5, 0.6) is 0 Å². The Balaban J connectivity index is 1.76. The Hall–Kier alpha value is -0.0800. The lowest BCUT2D eigenvalue weighted by molar-refractivity contribution is -0.130. The molecule has 2 heteroatoms. The molecule has 4 rings (SSSR count). The molecule has 2 nitrogen and oxygen atoms in total. The van der Waals surface area contributed by atoms with Crippen molar-refractivity contribution in [2.45, 2.75) is 84.8 Å². The molecule has 0 heterocycles. The van der Waals surface area contributed by atoms with Gasteiger partial charge in [0, 0.05) is 6.04 Å². The van der Waals surface area contributed by atoms with E-state index in [1.54, 1.807) is 0 Å². The second kappa shape index (κ2) is 5.85. The Bertz CT molecular complexity index is 351. The van der Waals surface area contributed by atoms with E-state index in [-0.39, 0.29) is 0 Å². The van der Waals surface area contributed by atoms with Gasteiger partial charge in [-0.3, -0.25) is 0 Å². The van der Waals surface area contributed by atoms with Crippen LogP contribution < -0.4 is 5.32 Å². The van der Waals surface area contributed by atoms with E-state index >= 15 is 0 Å². The molecule has 4 aliphatic carbocycles. The number of hydrogen-bond acceptors (Lipinski definition) is 2. The van der Waals surface area contributed by atoms with Gasteiger partial charge in [0.25, 0.3) is 0 Å². The van der Waals surface area contributed by atoms with Crippen LogP contribution in [0.15, 0.2) is 0 Å². The fourth-order valence-electron chi connectivity index (χ4n) is 6.27. The summed E-state index contributed by atoms with van der Waals surface area (Å²) < 4.78 is 6.06. The first-order chi connectivity index (χ1) is 9.95. The number of hydrogen-bond donors (Lipinski definition) is 1. The molecule has 0 saturated heterocycles. The zero-order valence-electron chi connectivity index (χ0n) is 14.6. The predicted octanol–water partition coefficient (Wildman–Crippen LogP) is 4.39. The molecule has 4 fully saturated rings. The average Bonchev–Trinajstić information content (AvgIpc) is 2.35. The summed E-state index contributed by atoms with van der Waals surface area (Å²) in [6.45, 7) is 11.2. The number of nitrogens with one attached hydrogen (secondary N) is 1. The second-order valence-electron chi connectivity index (χ2n) is 9.02. The molecular formula is C19H35NO. The van der Waals surface area contributed by atoms with Crippen LogP contribution in [0.3, 0.4) is 0 Å². The summed E-state index contributed by atoms with van der Waals surface area (Å²) in [6, 6.07) is 0.574. The molecule has 0 radical (unpaired) electrons. The van der Waals surface area contributed by atoms with Gasteiger partial charge in [0.15, 0.2) is 0 Å². The van der Waals surface area contributed by atoms with E-state index in [4.69, 9.17) is 4.74 Å². The van der Waals surface area contributed by atoms with Crippen molar-refractivity contribution in [3.8, 4) is 0 Å². The fourth-order valence-corrected chi connectivity index (χ4v) is 6.27. The van der Waals surface area contributed by atoms with E-state index in [1.807, 2.05) is 0 Å². The van der Waals surface area contributed by atoms with E-state index in [0.29, 0.717) is 23.0 Å². The van der Waals surface area contributed by atoms with Gasteiger partial charge in [-0.15, -0.1) is 0 Å². The van der Waals surface area contributed by atoms with E-state index in [0.717, 1.165) is 25.0 Å². The van der Waals surface area contributed by atoms with Gasteiger partial charge >= 0.3 is 0 Å². The maximum atomic E-state index is 6.06. The monoisotopic (exact) mass is 293 g/mol. The molecule has 3 atom stereocenters. The minimum absolute atomic E-state index is 0.348. The van der Waals surface area contributed by atoms with E-state index < -0.39 is 0 Å². The lowest BCUT2D eigenvalue weighted by Gasteiger charge is -2.63. The smallest absolute Gasteiger partial charge is 0.0628 e. The maximum Gasteiger partial charge on any atom is 0.0628 e. The minimum atomic E-state index is 0.348. The van der Waals surface area contributed by atoms with Crippen LogP contribution in [0, 0.1) is 22.7 Å². The highest BCUT2D eigenvalue weighted by Crippen LogP contribution is 2.66. The Morgan fingerprint density at radius 3 is 2.33 bits per heavy atom. The lowest BCUT2D eigenvalue weighted by atomic mass is 9.43. The quantitative estimate of drug-likeness (QED) is 0.752. The Kier molecular flexibility index (Phi) is 4.40. The molecule has 1 N–H and O–H groups in total. The van der Waals surface area contributed by atoms with Crippen LogP contribution in [0.2, 0.25) is 0 Å². The van der Waals surface area contributed by atoms with Crippen LogP contribution in [-0.4, -0.2) is 25.3 Å². The van der Waals surface area contributed by atoms with Crippen LogP contribution in [0.25, 0.3) is 0 Å². The van der Waals surface area contributed by atoms with Gasteiger partial charge in [0.05, 0.1) is 12.7 Å². The van der Waals surface area contributed by atoms with Gasteiger partial charge in [-0.05, 0) is 88.0 Å². The molecule has 4 saturated carbocycles. The lowest BCUT2D eigenvalue weighted by Crippen LogP contribution is -2.60. The molecule has 21 heavy (non-hydrogen) atoms. The molecule has 0 aliphatic heterocycles. The molecule has 0 aromatic rings.